The largest absolute Gasteiger partial charge is 0.312 e. The number of fused-ring (bicyclic) bond motifs is 1. The lowest BCUT2D eigenvalue weighted by molar-refractivity contribution is -0.116. The van der Waals surface area contributed by atoms with Gasteiger partial charge in [0.2, 0.25) is 15.9 Å². The monoisotopic (exact) mass is 498 g/mol. The van der Waals surface area contributed by atoms with Crippen LogP contribution in [0.2, 0.25) is 0 Å². The van der Waals surface area contributed by atoms with E-state index in [9.17, 15) is 18.0 Å². The highest BCUT2D eigenvalue weighted by molar-refractivity contribution is 7.89. The van der Waals surface area contributed by atoms with Gasteiger partial charge < -0.3 is 4.90 Å². The third-order valence-corrected chi connectivity index (χ3v) is 8.66. The van der Waals surface area contributed by atoms with Crippen LogP contribution < -0.4 is 10.2 Å². The molecule has 1 aliphatic heterocycles. The summed E-state index contributed by atoms with van der Waals surface area (Å²) in [6.45, 7) is 6.57. The number of nitrogens with one attached hydrogen (secondary N) is 1. The zero-order chi connectivity index (χ0) is 24.5. The molecule has 2 aromatic carbocycles. The molecular weight excluding hydrogens is 472 g/mol. The molecule has 0 radical (unpaired) electrons. The van der Waals surface area contributed by atoms with Gasteiger partial charge in [-0.3, -0.25) is 14.9 Å². The summed E-state index contributed by atoms with van der Waals surface area (Å²) in [6.07, 6.45) is 0.836. The first-order chi connectivity index (χ1) is 16.2. The lowest BCUT2D eigenvalue weighted by atomic mass is 10.1. The molecule has 0 atom stereocenters. The predicted molar refractivity (Wildman–Crippen MR) is 134 cm³/mol. The van der Waals surface area contributed by atoms with Gasteiger partial charge in [-0.1, -0.05) is 26.0 Å². The second-order valence-corrected chi connectivity index (χ2v) is 10.7. The van der Waals surface area contributed by atoms with Crippen molar-refractivity contribution in [2.24, 2.45) is 0 Å². The highest BCUT2D eigenvalue weighted by Crippen LogP contribution is 2.34. The number of anilines is 2. The summed E-state index contributed by atoms with van der Waals surface area (Å²) in [7, 11) is -3.58. The first-order valence-electron chi connectivity index (χ1n) is 11.0. The smallest absolute Gasteiger partial charge is 0.257 e. The molecule has 0 unspecified atom stereocenters. The van der Waals surface area contributed by atoms with E-state index in [2.05, 4.69) is 10.3 Å². The molecule has 10 heteroatoms. The van der Waals surface area contributed by atoms with E-state index in [0.29, 0.717) is 36.0 Å². The Bertz CT molecular complexity index is 1330. The van der Waals surface area contributed by atoms with Gasteiger partial charge in [-0.25, -0.2) is 13.4 Å². The van der Waals surface area contributed by atoms with Gasteiger partial charge in [0.05, 0.1) is 10.6 Å². The standard InChI is InChI=1S/C24H26N4O4S2/c1-4-27(5-2)34(31,32)20-10-8-18(9-11-20)23(30)26-24-25-21(15-33-24)19-7-6-17-12-13-28(16(3)29)22(17)14-19/h6-11,14-15H,4-5,12-13H2,1-3H3,(H,25,26,30). The van der Waals surface area contributed by atoms with Gasteiger partial charge in [-0.2, -0.15) is 4.31 Å². The van der Waals surface area contributed by atoms with Crippen molar-refractivity contribution >= 4 is 44.0 Å². The predicted octanol–water partition coefficient (Wildman–Crippen LogP) is 4.00. The van der Waals surface area contributed by atoms with Crippen LogP contribution in [0.3, 0.4) is 0 Å². The summed E-state index contributed by atoms with van der Waals surface area (Å²) in [6, 6.07) is 11.8. The summed E-state index contributed by atoms with van der Waals surface area (Å²) >= 11 is 1.30. The van der Waals surface area contributed by atoms with Crippen LogP contribution >= 0.6 is 11.3 Å². The van der Waals surface area contributed by atoms with E-state index in [1.54, 1.807) is 25.7 Å². The number of aromatic nitrogens is 1. The topological polar surface area (TPSA) is 99.7 Å². The average Bonchev–Trinajstić information content (AvgIpc) is 3.46. The third kappa shape index (κ3) is 4.61. The molecule has 0 aliphatic carbocycles. The number of benzene rings is 2. The van der Waals surface area contributed by atoms with E-state index >= 15 is 0 Å². The summed E-state index contributed by atoms with van der Waals surface area (Å²) in [5.41, 5.74) is 3.95. The van der Waals surface area contributed by atoms with Gasteiger partial charge in [-0.15, -0.1) is 11.3 Å². The van der Waals surface area contributed by atoms with Crippen LogP contribution in [0.5, 0.6) is 0 Å². The number of carbonyl (C=O) groups excluding carboxylic acids is 2. The SMILES string of the molecule is CCN(CC)S(=O)(=O)c1ccc(C(=O)Nc2nc(-c3ccc4c(c3)N(C(C)=O)CC4)cs2)cc1. The molecule has 1 aliphatic rings. The van der Waals surface area contributed by atoms with Crippen LogP contribution in [0.1, 0.15) is 36.7 Å². The van der Waals surface area contributed by atoms with Gasteiger partial charge in [0, 0.05) is 48.8 Å². The van der Waals surface area contributed by atoms with Crippen LogP contribution in [0.25, 0.3) is 11.3 Å². The number of amides is 2. The average molecular weight is 499 g/mol. The Morgan fingerprint density at radius 3 is 2.47 bits per heavy atom. The van der Waals surface area contributed by atoms with Crippen molar-refractivity contribution in [1.82, 2.24) is 9.29 Å². The number of carbonyl (C=O) groups is 2. The Labute approximate surface area is 203 Å². The molecule has 0 fully saturated rings. The van der Waals surface area contributed by atoms with E-state index in [-0.39, 0.29) is 16.7 Å². The van der Waals surface area contributed by atoms with E-state index in [1.165, 1.54) is 39.9 Å². The van der Waals surface area contributed by atoms with Crippen molar-refractivity contribution in [1.29, 1.82) is 0 Å². The van der Waals surface area contributed by atoms with Crippen molar-refractivity contribution in [2.75, 3.05) is 29.9 Å². The number of hydrogen-bond donors (Lipinski definition) is 1. The Morgan fingerprint density at radius 2 is 1.82 bits per heavy atom. The second-order valence-electron chi connectivity index (χ2n) is 7.87. The number of hydrogen-bond acceptors (Lipinski definition) is 6. The molecule has 3 aromatic rings. The maximum absolute atomic E-state index is 12.7. The van der Waals surface area contributed by atoms with E-state index in [4.69, 9.17) is 0 Å². The first-order valence-corrected chi connectivity index (χ1v) is 13.3. The fourth-order valence-electron chi connectivity index (χ4n) is 3.99. The van der Waals surface area contributed by atoms with Gasteiger partial charge >= 0.3 is 0 Å². The Kier molecular flexibility index (Phi) is 6.83. The highest BCUT2D eigenvalue weighted by Gasteiger charge is 2.24. The molecule has 0 saturated heterocycles. The Morgan fingerprint density at radius 1 is 1.12 bits per heavy atom. The zero-order valence-corrected chi connectivity index (χ0v) is 20.9. The normalized spacial score (nSPS) is 13.2. The summed E-state index contributed by atoms with van der Waals surface area (Å²) in [4.78, 5) is 31.0. The quantitative estimate of drug-likeness (QED) is 0.531. The van der Waals surface area contributed by atoms with Crippen LogP contribution in [0.4, 0.5) is 10.8 Å². The van der Waals surface area contributed by atoms with Crippen LogP contribution in [-0.2, 0) is 21.2 Å². The summed E-state index contributed by atoms with van der Waals surface area (Å²) < 4.78 is 26.6. The minimum absolute atomic E-state index is 0.0121. The fraction of sp³-hybridized carbons (Fsp3) is 0.292. The van der Waals surface area contributed by atoms with Crippen LogP contribution in [-0.4, -0.2) is 49.2 Å². The van der Waals surface area contributed by atoms with Crippen molar-refractivity contribution in [3.8, 4) is 11.3 Å². The molecule has 0 spiro atoms. The summed E-state index contributed by atoms with van der Waals surface area (Å²) in [5, 5.41) is 5.06. The van der Waals surface area contributed by atoms with Crippen molar-refractivity contribution in [3.63, 3.8) is 0 Å². The lowest BCUT2D eigenvalue weighted by Gasteiger charge is -2.18. The molecule has 4 rings (SSSR count). The van der Waals surface area contributed by atoms with Crippen molar-refractivity contribution < 1.29 is 18.0 Å². The summed E-state index contributed by atoms with van der Waals surface area (Å²) in [5.74, 6) is -0.359. The third-order valence-electron chi connectivity index (χ3n) is 5.84. The highest BCUT2D eigenvalue weighted by atomic mass is 32.2. The molecule has 1 aromatic heterocycles. The van der Waals surface area contributed by atoms with E-state index < -0.39 is 10.0 Å². The molecule has 0 bridgehead atoms. The van der Waals surface area contributed by atoms with E-state index in [1.807, 2.05) is 23.6 Å². The van der Waals surface area contributed by atoms with Gasteiger partial charge in [0.25, 0.3) is 5.91 Å². The van der Waals surface area contributed by atoms with Crippen LogP contribution in [0, 0.1) is 0 Å². The molecule has 8 nitrogen and oxygen atoms in total. The minimum Gasteiger partial charge on any atom is -0.312 e. The molecule has 34 heavy (non-hydrogen) atoms. The van der Waals surface area contributed by atoms with Crippen LogP contribution in [0.15, 0.2) is 52.7 Å². The van der Waals surface area contributed by atoms with E-state index in [0.717, 1.165) is 23.2 Å². The maximum atomic E-state index is 12.7. The second kappa shape index (κ2) is 9.65. The molecule has 2 heterocycles. The number of sulfonamides is 1. The lowest BCUT2D eigenvalue weighted by Crippen LogP contribution is -2.30. The van der Waals surface area contributed by atoms with Gasteiger partial charge in [0.1, 0.15) is 0 Å². The fourth-order valence-corrected chi connectivity index (χ4v) is 6.16. The number of rotatable bonds is 7. The molecular formula is C24H26N4O4S2. The Hall–Kier alpha value is -3.08. The molecule has 1 N–H and O–H groups in total. The minimum atomic E-state index is -3.58. The maximum Gasteiger partial charge on any atom is 0.257 e. The van der Waals surface area contributed by atoms with Crippen molar-refractivity contribution in [3.05, 3.63) is 59.0 Å². The zero-order valence-electron chi connectivity index (χ0n) is 19.2. The van der Waals surface area contributed by atoms with Crippen molar-refractivity contribution in [2.45, 2.75) is 32.1 Å². The number of nitrogens with zero attached hydrogens (tertiary/aromatic N) is 3. The van der Waals surface area contributed by atoms with Gasteiger partial charge in [0.15, 0.2) is 5.13 Å². The Balaban J connectivity index is 1.48. The number of thiazole rings is 1. The molecule has 2 amide bonds. The molecule has 0 saturated carbocycles. The van der Waals surface area contributed by atoms with Gasteiger partial charge in [-0.05, 0) is 42.3 Å². The molecule has 178 valence electrons. The first kappa shape index (κ1) is 24.1.